The van der Waals surface area contributed by atoms with Crippen LogP contribution >= 0.6 is 15.9 Å². The standard InChI is InChI=1S/C11H13BrN2/c1-9-7-11(13-8-10(9)12)14-5-3-2-4-6-14/h2-3,7-8H,4-6H2,1H3. The van der Waals surface area contributed by atoms with Gasteiger partial charge in [-0.05, 0) is 40.9 Å². The Hall–Kier alpha value is -0.830. The molecule has 0 spiro atoms. The van der Waals surface area contributed by atoms with E-state index in [1.807, 2.05) is 6.20 Å². The molecule has 2 nitrogen and oxygen atoms in total. The molecule has 1 aliphatic rings. The maximum atomic E-state index is 4.41. The summed E-state index contributed by atoms with van der Waals surface area (Å²) in [7, 11) is 0. The quantitative estimate of drug-likeness (QED) is 0.715. The molecule has 14 heavy (non-hydrogen) atoms. The fourth-order valence-electron chi connectivity index (χ4n) is 1.55. The van der Waals surface area contributed by atoms with Crippen molar-refractivity contribution in [2.45, 2.75) is 13.3 Å². The molecule has 0 saturated heterocycles. The van der Waals surface area contributed by atoms with E-state index in [1.54, 1.807) is 0 Å². The van der Waals surface area contributed by atoms with Crippen molar-refractivity contribution in [3.8, 4) is 0 Å². The summed E-state index contributed by atoms with van der Waals surface area (Å²) in [6.45, 7) is 4.15. The first kappa shape index (κ1) is 9.71. The summed E-state index contributed by atoms with van der Waals surface area (Å²) in [6, 6.07) is 2.13. The molecule has 0 atom stereocenters. The first-order chi connectivity index (χ1) is 6.77. The minimum Gasteiger partial charge on any atom is -0.353 e. The molecule has 0 unspecified atom stereocenters. The van der Waals surface area contributed by atoms with Crippen molar-refractivity contribution < 1.29 is 0 Å². The molecule has 0 aliphatic carbocycles. The number of anilines is 1. The fraction of sp³-hybridized carbons (Fsp3) is 0.364. The zero-order valence-electron chi connectivity index (χ0n) is 8.20. The average Bonchev–Trinajstić information content (AvgIpc) is 2.23. The summed E-state index contributed by atoms with van der Waals surface area (Å²) >= 11 is 3.46. The Morgan fingerprint density at radius 2 is 2.29 bits per heavy atom. The van der Waals surface area contributed by atoms with E-state index >= 15 is 0 Å². The highest BCUT2D eigenvalue weighted by Crippen LogP contribution is 2.20. The number of aromatic nitrogens is 1. The van der Waals surface area contributed by atoms with Gasteiger partial charge in [0.15, 0.2) is 0 Å². The lowest BCUT2D eigenvalue weighted by Gasteiger charge is -2.24. The zero-order chi connectivity index (χ0) is 9.97. The highest BCUT2D eigenvalue weighted by Gasteiger charge is 2.09. The summed E-state index contributed by atoms with van der Waals surface area (Å²) < 4.78 is 1.08. The van der Waals surface area contributed by atoms with Gasteiger partial charge < -0.3 is 4.90 Å². The molecular weight excluding hydrogens is 240 g/mol. The SMILES string of the molecule is Cc1cc(N2CC=CCC2)ncc1Br. The number of hydrogen-bond acceptors (Lipinski definition) is 2. The van der Waals surface area contributed by atoms with Crippen molar-refractivity contribution in [2.24, 2.45) is 0 Å². The summed E-state index contributed by atoms with van der Waals surface area (Å²) in [4.78, 5) is 6.70. The molecule has 0 saturated carbocycles. The normalized spacial score (nSPS) is 16.0. The highest BCUT2D eigenvalue weighted by molar-refractivity contribution is 9.10. The smallest absolute Gasteiger partial charge is 0.129 e. The van der Waals surface area contributed by atoms with Crippen LogP contribution in [0.25, 0.3) is 0 Å². The molecule has 0 radical (unpaired) electrons. The van der Waals surface area contributed by atoms with Crippen LogP contribution in [0.2, 0.25) is 0 Å². The third kappa shape index (κ3) is 1.98. The molecule has 0 bridgehead atoms. The van der Waals surface area contributed by atoms with Gasteiger partial charge in [-0.1, -0.05) is 12.2 Å². The van der Waals surface area contributed by atoms with Crippen LogP contribution in [0.15, 0.2) is 28.9 Å². The number of pyridine rings is 1. The van der Waals surface area contributed by atoms with E-state index in [0.29, 0.717) is 0 Å². The largest absolute Gasteiger partial charge is 0.353 e. The summed E-state index contributed by atoms with van der Waals surface area (Å²) in [5.74, 6) is 1.08. The molecular formula is C11H13BrN2. The van der Waals surface area contributed by atoms with Crippen LogP contribution < -0.4 is 4.90 Å². The Morgan fingerprint density at radius 1 is 1.43 bits per heavy atom. The Bertz CT molecular complexity index is 360. The third-order valence-corrected chi connectivity index (χ3v) is 3.24. The predicted octanol–water partition coefficient (Wildman–Crippen LogP) is 2.92. The van der Waals surface area contributed by atoms with Crippen molar-refractivity contribution >= 4 is 21.7 Å². The van der Waals surface area contributed by atoms with E-state index < -0.39 is 0 Å². The number of hydrogen-bond donors (Lipinski definition) is 0. The van der Waals surface area contributed by atoms with Crippen LogP contribution in [0.3, 0.4) is 0 Å². The van der Waals surface area contributed by atoms with Gasteiger partial charge in [-0.2, -0.15) is 0 Å². The van der Waals surface area contributed by atoms with Gasteiger partial charge in [0.2, 0.25) is 0 Å². The van der Waals surface area contributed by atoms with Crippen LogP contribution in [-0.4, -0.2) is 18.1 Å². The lowest BCUT2D eigenvalue weighted by atomic mass is 10.2. The lowest BCUT2D eigenvalue weighted by Crippen LogP contribution is -2.27. The van der Waals surface area contributed by atoms with E-state index in [9.17, 15) is 0 Å². The summed E-state index contributed by atoms with van der Waals surface area (Å²) in [6.07, 6.45) is 7.42. The topological polar surface area (TPSA) is 16.1 Å². The Balaban J connectivity index is 2.23. The van der Waals surface area contributed by atoms with E-state index in [1.165, 1.54) is 5.56 Å². The molecule has 2 rings (SSSR count). The van der Waals surface area contributed by atoms with Gasteiger partial charge in [-0.3, -0.25) is 0 Å². The summed E-state index contributed by atoms with van der Waals surface area (Å²) in [5, 5.41) is 0. The van der Waals surface area contributed by atoms with Gasteiger partial charge >= 0.3 is 0 Å². The molecule has 0 amide bonds. The van der Waals surface area contributed by atoms with E-state index in [-0.39, 0.29) is 0 Å². The molecule has 1 aliphatic heterocycles. The van der Waals surface area contributed by atoms with E-state index in [0.717, 1.165) is 29.8 Å². The first-order valence-electron chi connectivity index (χ1n) is 4.79. The molecule has 0 aromatic carbocycles. The predicted molar refractivity (Wildman–Crippen MR) is 62.6 cm³/mol. The van der Waals surface area contributed by atoms with Crippen molar-refractivity contribution in [3.05, 3.63) is 34.5 Å². The average molecular weight is 253 g/mol. The molecule has 0 N–H and O–H groups in total. The monoisotopic (exact) mass is 252 g/mol. The minimum absolute atomic E-state index is 0.980. The van der Waals surface area contributed by atoms with E-state index in [4.69, 9.17) is 0 Å². The second-order valence-corrected chi connectivity index (χ2v) is 4.35. The summed E-state index contributed by atoms with van der Waals surface area (Å²) in [5.41, 5.74) is 1.24. The Labute approximate surface area is 92.8 Å². The number of rotatable bonds is 1. The molecule has 74 valence electrons. The van der Waals surface area contributed by atoms with Gasteiger partial charge in [0.25, 0.3) is 0 Å². The van der Waals surface area contributed by atoms with Crippen molar-refractivity contribution in [3.63, 3.8) is 0 Å². The molecule has 3 heteroatoms. The maximum absolute atomic E-state index is 4.41. The Kier molecular flexibility index (Phi) is 2.87. The van der Waals surface area contributed by atoms with Crippen LogP contribution in [0.1, 0.15) is 12.0 Å². The highest BCUT2D eigenvalue weighted by atomic mass is 79.9. The van der Waals surface area contributed by atoms with Crippen molar-refractivity contribution in [1.29, 1.82) is 0 Å². The fourth-order valence-corrected chi connectivity index (χ4v) is 1.76. The lowest BCUT2D eigenvalue weighted by molar-refractivity contribution is 0.804. The zero-order valence-corrected chi connectivity index (χ0v) is 9.79. The molecule has 1 aromatic heterocycles. The molecule has 0 fully saturated rings. The minimum atomic E-state index is 0.980. The van der Waals surface area contributed by atoms with Gasteiger partial charge in [-0.25, -0.2) is 4.98 Å². The maximum Gasteiger partial charge on any atom is 0.129 e. The van der Waals surface area contributed by atoms with Crippen LogP contribution in [0.5, 0.6) is 0 Å². The third-order valence-electron chi connectivity index (χ3n) is 2.41. The van der Waals surface area contributed by atoms with Crippen LogP contribution in [0, 0.1) is 6.92 Å². The van der Waals surface area contributed by atoms with Gasteiger partial charge in [0.05, 0.1) is 0 Å². The van der Waals surface area contributed by atoms with Gasteiger partial charge in [-0.15, -0.1) is 0 Å². The number of nitrogens with zero attached hydrogens (tertiary/aromatic N) is 2. The molecule has 1 aromatic rings. The van der Waals surface area contributed by atoms with Crippen LogP contribution in [0.4, 0.5) is 5.82 Å². The second kappa shape index (κ2) is 4.13. The second-order valence-electron chi connectivity index (χ2n) is 3.50. The Morgan fingerprint density at radius 3 is 2.93 bits per heavy atom. The van der Waals surface area contributed by atoms with Gasteiger partial charge in [0.1, 0.15) is 5.82 Å². The van der Waals surface area contributed by atoms with Gasteiger partial charge in [0, 0.05) is 23.8 Å². The van der Waals surface area contributed by atoms with Crippen molar-refractivity contribution in [1.82, 2.24) is 4.98 Å². The van der Waals surface area contributed by atoms with Crippen molar-refractivity contribution in [2.75, 3.05) is 18.0 Å². The number of aryl methyl sites for hydroxylation is 1. The first-order valence-corrected chi connectivity index (χ1v) is 5.59. The van der Waals surface area contributed by atoms with E-state index in [2.05, 4.69) is 51.0 Å². The number of halogens is 1. The molecule has 2 heterocycles. The van der Waals surface area contributed by atoms with Crippen LogP contribution in [-0.2, 0) is 0 Å².